The number of aromatic nitrogens is 6. The van der Waals surface area contributed by atoms with Crippen LogP contribution in [0.2, 0.25) is 0 Å². The number of nitrogens with one attached hydrogen (secondary N) is 1. The van der Waals surface area contributed by atoms with E-state index < -0.39 is 5.54 Å². The van der Waals surface area contributed by atoms with Crippen LogP contribution in [0, 0.1) is 0 Å². The zero-order valence-corrected chi connectivity index (χ0v) is 16.0. The van der Waals surface area contributed by atoms with Gasteiger partial charge in [-0.1, -0.05) is 31.4 Å². The molecule has 1 N–H and O–H groups in total. The van der Waals surface area contributed by atoms with Crippen LogP contribution in [0.1, 0.15) is 37.9 Å². The Morgan fingerprint density at radius 2 is 2.07 bits per heavy atom. The minimum absolute atomic E-state index is 0.0511. The van der Waals surface area contributed by atoms with Gasteiger partial charge in [-0.05, 0) is 35.4 Å². The summed E-state index contributed by atoms with van der Waals surface area (Å²) >= 11 is 0. The first-order valence-electron chi connectivity index (χ1n) is 9.69. The number of hydrogen-bond acceptors (Lipinski definition) is 6. The maximum absolute atomic E-state index is 13.2. The van der Waals surface area contributed by atoms with E-state index in [1.165, 1.54) is 0 Å². The second-order valence-corrected chi connectivity index (χ2v) is 7.19. The molecule has 0 spiro atoms. The van der Waals surface area contributed by atoms with Gasteiger partial charge >= 0.3 is 0 Å². The summed E-state index contributed by atoms with van der Waals surface area (Å²) in [6.07, 6.45) is 6.12. The van der Waals surface area contributed by atoms with Gasteiger partial charge in [-0.15, -0.1) is 5.10 Å². The lowest BCUT2D eigenvalue weighted by Crippen LogP contribution is -2.50. The Bertz CT molecular complexity index is 929. The van der Waals surface area contributed by atoms with Crippen LogP contribution in [0.3, 0.4) is 0 Å². The van der Waals surface area contributed by atoms with E-state index in [0.29, 0.717) is 19.7 Å². The molecule has 0 unspecified atom stereocenters. The Balaban J connectivity index is 1.57. The Kier molecular flexibility index (Phi) is 5.34. The van der Waals surface area contributed by atoms with Gasteiger partial charge < -0.3 is 14.6 Å². The van der Waals surface area contributed by atoms with Gasteiger partial charge in [0, 0.05) is 13.7 Å². The number of benzene rings is 1. The van der Waals surface area contributed by atoms with Crippen molar-refractivity contribution in [1.82, 2.24) is 35.1 Å². The lowest BCUT2D eigenvalue weighted by Gasteiger charge is -2.35. The first kappa shape index (κ1) is 18.5. The smallest absolute Gasteiger partial charge is 0.248 e. The first-order chi connectivity index (χ1) is 13.7. The van der Waals surface area contributed by atoms with E-state index in [4.69, 9.17) is 9.72 Å². The van der Waals surface area contributed by atoms with Crippen molar-refractivity contribution in [3.8, 4) is 0 Å². The molecule has 1 amide bonds. The highest BCUT2D eigenvalue weighted by Crippen LogP contribution is 2.34. The molecule has 4 rings (SSSR count). The number of amides is 1. The standard InChI is InChI=1S/C19H25N7O2/c1-28-12-11-25-16-8-4-3-7-15(16)22-17(25)13-20-18(27)19(9-5-2-6-10-19)26-14-21-23-24-26/h3-4,7-8,14H,2,5-6,9-13H2,1H3,(H,20,27). The molecule has 148 valence electrons. The number of carbonyl (C=O) groups excluding carboxylic acids is 1. The fourth-order valence-electron chi connectivity index (χ4n) is 4.07. The predicted octanol–water partition coefficient (Wildman–Crippen LogP) is 1.64. The summed E-state index contributed by atoms with van der Waals surface area (Å²) in [5.74, 6) is 0.763. The summed E-state index contributed by atoms with van der Waals surface area (Å²) in [5, 5.41) is 14.6. The molecule has 1 aromatic carbocycles. The van der Waals surface area contributed by atoms with Gasteiger partial charge in [-0.3, -0.25) is 4.79 Å². The molecule has 1 aliphatic rings. The number of fused-ring (bicyclic) bond motifs is 1. The Labute approximate surface area is 163 Å². The van der Waals surface area contributed by atoms with Gasteiger partial charge in [0.2, 0.25) is 5.91 Å². The molecular weight excluding hydrogens is 358 g/mol. The van der Waals surface area contributed by atoms with Crippen molar-refractivity contribution < 1.29 is 9.53 Å². The molecule has 1 aliphatic carbocycles. The Morgan fingerprint density at radius 3 is 2.82 bits per heavy atom. The molecule has 0 aliphatic heterocycles. The minimum atomic E-state index is -0.717. The molecule has 0 atom stereocenters. The van der Waals surface area contributed by atoms with Crippen molar-refractivity contribution >= 4 is 16.9 Å². The normalized spacial score (nSPS) is 16.3. The molecule has 28 heavy (non-hydrogen) atoms. The molecule has 1 saturated carbocycles. The lowest BCUT2D eigenvalue weighted by molar-refractivity contribution is -0.132. The fraction of sp³-hybridized carbons (Fsp3) is 0.526. The quantitative estimate of drug-likeness (QED) is 0.666. The van der Waals surface area contributed by atoms with Crippen LogP contribution in [0.25, 0.3) is 11.0 Å². The SMILES string of the molecule is COCCn1c(CNC(=O)C2(n3cnnn3)CCCCC2)nc2ccccc21. The number of methoxy groups -OCH3 is 1. The second kappa shape index (κ2) is 8.05. The largest absolute Gasteiger partial charge is 0.383 e. The van der Waals surface area contributed by atoms with Crippen LogP contribution in [-0.4, -0.2) is 49.4 Å². The van der Waals surface area contributed by atoms with E-state index in [-0.39, 0.29) is 5.91 Å². The van der Waals surface area contributed by atoms with Gasteiger partial charge in [-0.25, -0.2) is 9.67 Å². The molecule has 2 heterocycles. The fourth-order valence-corrected chi connectivity index (χ4v) is 4.07. The number of nitrogens with zero attached hydrogens (tertiary/aromatic N) is 6. The van der Waals surface area contributed by atoms with Crippen molar-refractivity contribution in [2.24, 2.45) is 0 Å². The number of carbonyl (C=O) groups is 1. The van der Waals surface area contributed by atoms with Crippen LogP contribution in [0.15, 0.2) is 30.6 Å². The zero-order valence-electron chi connectivity index (χ0n) is 16.0. The van der Waals surface area contributed by atoms with E-state index in [0.717, 1.165) is 49.0 Å². The first-order valence-corrected chi connectivity index (χ1v) is 9.69. The van der Waals surface area contributed by atoms with Crippen LogP contribution < -0.4 is 5.32 Å². The van der Waals surface area contributed by atoms with E-state index in [2.05, 4.69) is 25.4 Å². The molecule has 1 fully saturated rings. The van der Waals surface area contributed by atoms with Crippen LogP contribution in [-0.2, 0) is 28.2 Å². The third-order valence-electron chi connectivity index (χ3n) is 5.55. The van der Waals surface area contributed by atoms with Crippen LogP contribution in [0.4, 0.5) is 0 Å². The van der Waals surface area contributed by atoms with E-state index in [9.17, 15) is 4.79 Å². The Morgan fingerprint density at radius 1 is 1.25 bits per heavy atom. The maximum atomic E-state index is 13.2. The summed E-state index contributed by atoms with van der Waals surface area (Å²) in [7, 11) is 1.68. The van der Waals surface area contributed by atoms with Crippen LogP contribution >= 0.6 is 0 Å². The summed E-state index contributed by atoms with van der Waals surface area (Å²) < 4.78 is 8.96. The van der Waals surface area contributed by atoms with E-state index in [1.54, 1.807) is 18.1 Å². The topological polar surface area (TPSA) is 99.8 Å². The second-order valence-electron chi connectivity index (χ2n) is 7.19. The number of para-hydroxylation sites is 2. The van der Waals surface area contributed by atoms with Crippen molar-refractivity contribution in [1.29, 1.82) is 0 Å². The highest BCUT2D eigenvalue weighted by molar-refractivity contribution is 5.84. The van der Waals surface area contributed by atoms with E-state index >= 15 is 0 Å². The Hall–Kier alpha value is -2.81. The third-order valence-corrected chi connectivity index (χ3v) is 5.55. The number of imidazole rings is 1. The number of ether oxygens (including phenoxy) is 1. The molecule has 0 saturated heterocycles. The minimum Gasteiger partial charge on any atom is -0.383 e. The zero-order chi connectivity index (χ0) is 19.4. The molecule has 3 aromatic rings. The third kappa shape index (κ3) is 3.37. The summed E-state index contributed by atoms with van der Waals surface area (Å²) in [4.78, 5) is 18.0. The summed E-state index contributed by atoms with van der Waals surface area (Å²) in [6, 6.07) is 7.97. The predicted molar refractivity (Wildman–Crippen MR) is 102 cm³/mol. The summed E-state index contributed by atoms with van der Waals surface area (Å²) in [6.45, 7) is 1.61. The molecule has 9 nitrogen and oxygen atoms in total. The maximum Gasteiger partial charge on any atom is 0.248 e. The van der Waals surface area contributed by atoms with Crippen LogP contribution in [0.5, 0.6) is 0 Å². The molecule has 2 aromatic heterocycles. The van der Waals surface area contributed by atoms with Gasteiger partial charge in [0.15, 0.2) is 0 Å². The van der Waals surface area contributed by atoms with Gasteiger partial charge in [0.05, 0.1) is 24.2 Å². The number of rotatable bonds is 7. The van der Waals surface area contributed by atoms with Gasteiger partial charge in [0.25, 0.3) is 0 Å². The van der Waals surface area contributed by atoms with E-state index in [1.807, 2.05) is 24.3 Å². The van der Waals surface area contributed by atoms with Crippen molar-refractivity contribution in [2.75, 3.05) is 13.7 Å². The van der Waals surface area contributed by atoms with Crippen molar-refractivity contribution in [3.63, 3.8) is 0 Å². The summed E-state index contributed by atoms with van der Waals surface area (Å²) in [5.41, 5.74) is 1.23. The average Bonchev–Trinajstić information content (AvgIpc) is 3.39. The van der Waals surface area contributed by atoms with Gasteiger partial charge in [0.1, 0.15) is 17.7 Å². The number of tetrazole rings is 1. The highest BCUT2D eigenvalue weighted by Gasteiger charge is 2.42. The van der Waals surface area contributed by atoms with Crippen molar-refractivity contribution in [3.05, 3.63) is 36.4 Å². The average molecular weight is 383 g/mol. The monoisotopic (exact) mass is 383 g/mol. The highest BCUT2D eigenvalue weighted by atomic mass is 16.5. The molecule has 9 heteroatoms. The molecule has 0 radical (unpaired) electrons. The molecule has 0 bridgehead atoms. The number of hydrogen-bond donors (Lipinski definition) is 1. The lowest BCUT2D eigenvalue weighted by atomic mass is 9.81. The van der Waals surface area contributed by atoms with Crippen molar-refractivity contribution in [2.45, 2.75) is 50.7 Å². The van der Waals surface area contributed by atoms with Gasteiger partial charge in [-0.2, -0.15) is 0 Å². The molecular formula is C19H25N7O2.